The minimum atomic E-state index is -1.28. The summed E-state index contributed by atoms with van der Waals surface area (Å²) >= 11 is 0. The van der Waals surface area contributed by atoms with Gasteiger partial charge in [-0.05, 0) is 56.4 Å². The summed E-state index contributed by atoms with van der Waals surface area (Å²) in [5.74, 6) is 0.779. The number of ether oxygens (including phenoxy) is 2. The minimum absolute atomic E-state index is 0.0142. The van der Waals surface area contributed by atoms with Crippen LogP contribution in [0.3, 0.4) is 0 Å². The third-order valence-corrected chi connectivity index (χ3v) is 6.66. The van der Waals surface area contributed by atoms with Gasteiger partial charge in [-0.15, -0.1) is 0 Å². The lowest BCUT2D eigenvalue weighted by Gasteiger charge is -2.34. The number of rotatable bonds is 9. The highest BCUT2D eigenvalue weighted by Crippen LogP contribution is 2.25. The molecule has 2 rings (SSSR count). The number of methoxy groups -OCH3 is 1. The minimum Gasteiger partial charge on any atom is -0.497 e. The van der Waals surface area contributed by atoms with E-state index in [-0.39, 0.29) is 12.5 Å². The van der Waals surface area contributed by atoms with E-state index in [4.69, 9.17) is 9.47 Å². The Labute approximate surface area is 159 Å². The van der Waals surface area contributed by atoms with Gasteiger partial charge in [0.05, 0.1) is 18.6 Å². The highest BCUT2D eigenvalue weighted by Gasteiger charge is 2.25. The van der Waals surface area contributed by atoms with Gasteiger partial charge in [0.15, 0.2) is 0 Å². The van der Waals surface area contributed by atoms with Crippen LogP contribution < -0.4 is 4.74 Å². The van der Waals surface area contributed by atoms with Crippen LogP contribution in [0.15, 0.2) is 17.0 Å². The highest BCUT2D eigenvalue weighted by atomic mass is 32.2. The van der Waals surface area contributed by atoms with Gasteiger partial charge in [-0.3, -0.25) is 4.79 Å². The predicted molar refractivity (Wildman–Crippen MR) is 103 cm³/mol. The van der Waals surface area contributed by atoms with Crippen LogP contribution >= 0.6 is 0 Å². The molecule has 1 aliphatic carbocycles. The largest absolute Gasteiger partial charge is 0.497 e. The Kier molecular flexibility index (Phi) is 7.61. The number of nitrogens with zero attached hydrogens (tertiary/aromatic N) is 2. The molecule has 1 aromatic carbocycles. The molecular weight excluding hydrogens is 352 g/mol. The maximum Gasteiger partial charge on any atom is 0.248 e. The second-order valence-electron chi connectivity index (χ2n) is 6.83. The predicted octanol–water partition coefficient (Wildman–Crippen LogP) is 2.29. The summed E-state index contributed by atoms with van der Waals surface area (Å²) in [7, 11) is 3.98. The topological polar surface area (TPSA) is 59.1 Å². The Bertz CT molecular complexity index is 638. The van der Waals surface area contributed by atoms with E-state index < -0.39 is 11.0 Å². The Morgan fingerprint density at radius 2 is 1.85 bits per heavy atom. The van der Waals surface area contributed by atoms with Crippen molar-refractivity contribution in [3.8, 4) is 5.75 Å². The van der Waals surface area contributed by atoms with Crippen LogP contribution in [0.25, 0.3) is 0 Å². The van der Waals surface area contributed by atoms with Crippen molar-refractivity contribution in [3.05, 3.63) is 23.3 Å². The summed E-state index contributed by atoms with van der Waals surface area (Å²) in [6, 6.07) is 4.15. The van der Waals surface area contributed by atoms with Gasteiger partial charge < -0.3 is 14.4 Å². The van der Waals surface area contributed by atoms with Crippen LogP contribution in [-0.4, -0.2) is 66.3 Å². The Balaban J connectivity index is 1.81. The van der Waals surface area contributed by atoms with E-state index in [0.29, 0.717) is 19.2 Å². The van der Waals surface area contributed by atoms with E-state index in [2.05, 4.69) is 0 Å². The zero-order valence-corrected chi connectivity index (χ0v) is 17.2. The molecule has 1 aliphatic rings. The number of carbonyl (C=O) groups is 1. The smallest absolute Gasteiger partial charge is 0.248 e. The standard InChI is InChI=1S/C19H30N2O4S/c1-14-11-17(24-5)12-15(2)19(14)26(23)20(3)9-10-25-13-18(22)21(4)16-7-6-8-16/h11-12,16H,6-10,13H2,1-5H3. The van der Waals surface area contributed by atoms with Crippen LogP contribution in [0.4, 0.5) is 0 Å². The number of aryl methyl sites for hydroxylation is 2. The average molecular weight is 383 g/mol. The SMILES string of the molecule is COc1cc(C)c(S(=O)N(C)CCOCC(=O)N(C)C2CCC2)c(C)c1. The summed E-state index contributed by atoms with van der Waals surface area (Å²) < 4.78 is 25.3. The van der Waals surface area contributed by atoms with E-state index in [1.54, 1.807) is 23.4 Å². The van der Waals surface area contributed by atoms with Crippen LogP contribution in [0.5, 0.6) is 5.75 Å². The molecule has 1 saturated carbocycles. The van der Waals surface area contributed by atoms with Crippen LogP contribution in [0.2, 0.25) is 0 Å². The van der Waals surface area contributed by atoms with Crippen LogP contribution in [0.1, 0.15) is 30.4 Å². The molecular formula is C19H30N2O4S. The molecule has 0 heterocycles. The molecule has 0 radical (unpaired) electrons. The van der Waals surface area contributed by atoms with E-state index in [1.165, 1.54) is 6.42 Å². The van der Waals surface area contributed by atoms with Gasteiger partial charge in [-0.1, -0.05) is 0 Å². The molecule has 0 saturated heterocycles. The van der Waals surface area contributed by atoms with Gasteiger partial charge in [0.25, 0.3) is 0 Å². The molecule has 0 bridgehead atoms. The third kappa shape index (κ3) is 5.05. The van der Waals surface area contributed by atoms with Crippen molar-refractivity contribution in [2.75, 3.05) is 41.0 Å². The van der Waals surface area contributed by atoms with Crippen LogP contribution in [0, 0.1) is 13.8 Å². The summed E-state index contributed by atoms with van der Waals surface area (Å²) in [6.07, 6.45) is 3.37. The van der Waals surface area contributed by atoms with Gasteiger partial charge in [0.1, 0.15) is 23.3 Å². The average Bonchev–Trinajstić information content (AvgIpc) is 2.55. The summed E-state index contributed by atoms with van der Waals surface area (Å²) in [6.45, 7) is 4.79. The number of benzene rings is 1. The first-order valence-electron chi connectivity index (χ1n) is 8.96. The van der Waals surface area contributed by atoms with Crippen molar-refractivity contribution in [1.82, 2.24) is 9.21 Å². The molecule has 1 fully saturated rings. The van der Waals surface area contributed by atoms with Crippen LogP contribution in [-0.2, 0) is 20.5 Å². The quantitative estimate of drug-likeness (QED) is 0.615. The van der Waals surface area contributed by atoms with Gasteiger partial charge in [0.2, 0.25) is 5.91 Å². The summed E-state index contributed by atoms with van der Waals surface area (Å²) in [4.78, 5) is 14.6. The fraction of sp³-hybridized carbons (Fsp3) is 0.632. The lowest BCUT2D eigenvalue weighted by molar-refractivity contribution is -0.138. The Morgan fingerprint density at radius 1 is 1.23 bits per heavy atom. The maximum absolute atomic E-state index is 12.8. The highest BCUT2D eigenvalue weighted by molar-refractivity contribution is 7.82. The zero-order chi connectivity index (χ0) is 19.3. The van der Waals surface area contributed by atoms with Crippen molar-refractivity contribution < 1.29 is 18.5 Å². The molecule has 26 heavy (non-hydrogen) atoms. The molecule has 1 amide bonds. The van der Waals surface area contributed by atoms with Gasteiger partial charge in [-0.2, -0.15) is 0 Å². The monoisotopic (exact) mass is 382 g/mol. The molecule has 1 unspecified atom stereocenters. The molecule has 0 spiro atoms. The van der Waals surface area contributed by atoms with E-state index in [1.807, 2.05) is 33.0 Å². The second kappa shape index (κ2) is 9.48. The number of amides is 1. The molecule has 0 aliphatic heterocycles. The van der Waals surface area contributed by atoms with Crippen molar-refractivity contribution in [2.24, 2.45) is 0 Å². The Morgan fingerprint density at radius 3 is 2.35 bits per heavy atom. The first kappa shape index (κ1) is 20.9. The van der Waals surface area contributed by atoms with E-state index >= 15 is 0 Å². The lowest BCUT2D eigenvalue weighted by Crippen LogP contribution is -2.43. The van der Waals surface area contributed by atoms with Crippen molar-refractivity contribution in [3.63, 3.8) is 0 Å². The fourth-order valence-corrected chi connectivity index (χ4v) is 4.20. The molecule has 0 N–H and O–H groups in total. The fourth-order valence-electron chi connectivity index (χ4n) is 2.97. The second-order valence-corrected chi connectivity index (χ2v) is 8.36. The summed E-state index contributed by atoms with van der Waals surface area (Å²) in [5, 5.41) is 0. The van der Waals surface area contributed by atoms with Crippen molar-refractivity contribution in [2.45, 2.75) is 44.0 Å². The van der Waals surface area contributed by atoms with Crippen molar-refractivity contribution in [1.29, 1.82) is 0 Å². The first-order valence-corrected chi connectivity index (χ1v) is 10.1. The molecule has 7 heteroatoms. The number of likely N-dealkylation sites (N-methyl/N-ethyl adjacent to an activating group) is 2. The molecule has 1 aromatic rings. The normalized spacial score (nSPS) is 15.6. The van der Waals surface area contributed by atoms with E-state index in [0.717, 1.165) is 34.6 Å². The Hall–Kier alpha value is -1.44. The van der Waals surface area contributed by atoms with Gasteiger partial charge in [-0.25, -0.2) is 8.51 Å². The summed E-state index contributed by atoms with van der Waals surface area (Å²) in [5.41, 5.74) is 1.87. The molecule has 1 atom stereocenters. The van der Waals surface area contributed by atoms with Gasteiger partial charge in [0, 0.05) is 26.7 Å². The van der Waals surface area contributed by atoms with Crippen molar-refractivity contribution >= 4 is 16.9 Å². The zero-order valence-electron chi connectivity index (χ0n) is 16.4. The molecule has 146 valence electrons. The molecule has 6 nitrogen and oxygen atoms in total. The van der Waals surface area contributed by atoms with Gasteiger partial charge >= 0.3 is 0 Å². The van der Waals surface area contributed by atoms with E-state index in [9.17, 15) is 9.00 Å². The lowest BCUT2D eigenvalue weighted by atomic mass is 9.92. The number of hydrogen-bond acceptors (Lipinski definition) is 4. The number of carbonyl (C=O) groups excluding carboxylic acids is 1. The maximum atomic E-state index is 12.8. The third-order valence-electron chi connectivity index (χ3n) is 4.92. The molecule has 0 aromatic heterocycles. The first-order chi connectivity index (χ1) is 12.3. The number of hydrogen-bond donors (Lipinski definition) is 0.